The Morgan fingerprint density at radius 2 is 1.88 bits per heavy atom. The van der Waals surface area contributed by atoms with E-state index in [1.807, 2.05) is 68.4 Å². The van der Waals surface area contributed by atoms with Crippen LogP contribution in [0.25, 0.3) is 10.9 Å². The van der Waals surface area contributed by atoms with Gasteiger partial charge in [0.2, 0.25) is 0 Å². The van der Waals surface area contributed by atoms with E-state index in [0.717, 1.165) is 22.0 Å². The summed E-state index contributed by atoms with van der Waals surface area (Å²) in [5.41, 5.74) is 4.18. The summed E-state index contributed by atoms with van der Waals surface area (Å²) in [5, 5.41) is 14.0. The van der Waals surface area contributed by atoms with Crippen molar-refractivity contribution in [3.63, 3.8) is 0 Å². The molecule has 3 rings (SSSR count). The van der Waals surface area contributed by atoms with Crippen LogP contribution in [0.2, 0.25) is 0 Å². The van der Waals surface area contributed by atoms with Crippen LogP contribution in [0.5, 0.6) is 0 Å². The summed E-state index contributed by atoms with van der Waals surface area (Å²) >= 11 is 0. The summed E-state index contributed by atoms with van der Waals surface area (Å²) in [6.45, 7) is 4.27. The third kappa shape index (κ3) is 4.03. The SMILES string of the molecule is Cc1ccc2cc(C(=O)NCCC(O)c3ccccc3)c(C)nc2c1. The molecule has 1 heterocycles. The van der Waals surface area contributed by atoms with Gasteiger partial charge in [0.1, 0.15) is 0 Å². The van der Waals surface area contributed by atoms with Crippen molar-refractivity contribution in [3.05, 3.63) is 77.0 Å². The highest BCUT2D eigenvalue weighted by molar-refractivity contribution is 5.98. The van der Waals surface area contributed by atoms with Gasteiger partial charge >= 0.3 is 0 Å². The molecule has 0 radical (unpaired) electrons. The highest BCUT2D eigenvalue weighted by Gasteiger charge is 2.13. The monoisotopic (exact) mass is 334 g/mol. The molecule has 0 spiro atoms. The molecule has 4 heteroatoms. The Labute approximate surface area is 147 Å². The second kappa shape index (κ2) is 7.45. The number of pyridine rings is 1. The molecule has 1 amide bonds. The summed E-state index contributed by atoms with van der Waals surface area (Å²) < 4.78 is 0. The van der Waals surface area contributed by atoms with Gasteiger partial charge in [-0.3, -0.25) is 9.78 Å². The summed E-state index contributed by atoms with van der Waals surface area (Å²) in [6.07, 6.45) is -0.116. The lowest BCUT2D eigenvalue weighted by molar-refractivity contribution is 0.0942. The van der Waals surface area contributed by atoms with Crippen molar-refractivity contribution < 1.29 is 9.90 Å². The van der Waals surface area contributed by atoms with Crippen LogP contribution in [-0.4, -0.2) is 22.5 Å². The van der Waals surface area contributed by atoms with Gasteiger partial charge in [0.15, 0.2) is 0 Å². The molecular weight excluding hydrogens is 312 g/mol. The zero-order valence-electron chi connectivity index (χ0n) is 14.5. The van der Waals surface area contributed by atoms with E-state index in [-0.39, 0.29) is 5.91 Å². The van der Waals surface area contributed by atoms with Crippen LogP contribution in [0.15, 0.2) is 54.6 Å². The first-order valence-corrected chi connectivity index (χ1v) is 8.44. The molecule has 0 aliphatic rings. The summed E-state index contributed by atoms with van der Waals surface area (Å²) in [5.74, 6) is -0.160. The molecule has 0 aliphatic heterocycles. The van der Waals surface area contributed by atoms with Gasteiger partial charge in [-0.15, -0.1) is 0 Å². The Morgan fingerprint density at radius 3 is 2.64 bits per heavy atom. The lowest BCUT2D eigenvalue weighted by Crippen LogP contribution is -2.26. The van der Waals surface area contributed by atoms with Crippen molar-refractivity contribution in [2.45, 2.75) is 26.4 Å². The predicted octanol–water partition coefficient (Wildman–Crippen LogP) is 3.71. The number of aromatic nitrogens is 1. The van der Waals surface area contributed by atoms with E-state index in [2.05, 4.69) is 10.3 Å². The van der Waals surface area contributed by atoms with Crippen molar-refractivity contribution in [1.82, 2.24) is 10.3 Å². The highest BCUT2D eigenvalue weighted by atomic mass is 16.3. The molecule has 0 saturated heterocycles. The van der Waals surface area contributed by atoms with Gasteiger partial charge in [-0.25, -0.2) is 0 Å². The molecule has 2 aromatic carbocycles. The first kappa shape index (κ1) is 17.1. The van der Waals surface area contributed by atoms with E-state index in [4.69, 9.17) is 0 Å². The second-order valence-corrected chi connectivity index (χ2v) is 6.29. The van der Waals surface area contributed by atoms with Crippen LogP contribution in [0.3, 0.4) is 0 Å². The van der Waals surface area contributed by atoms with Crippen molar-refractivity contribution in [2.75, 3.05) is 6.54 Å². The van der Waals surface area contributed by atoms with E-state index in [9.17, 15) is 9.90 Å². The van der Waals surface area contributed by atoms with E-state index >= 15 is 0 Å². The van der Waals surface area contributed by atoms with Gasteiger partial charge in [0.05, 0.1) is 22.9 Å². The van der Waals surface area contributed by atoms with Gasteiger partial charge in [-0.1, -0.05) is 42.5 Å². The van der Waals surface area contributed by atoms with Crippen LogP contribution in [-0.2, 0) is 0 Å². The minimum Gasteiger partial charge on any atom is -0.388 e. The van der Waals surface area contributed by atoms with Crippen LogP contribution in [0.1, 0.15) is 39.7 Å². The third-order valence-electron chi connectivity index (χ3n) is 4.30. The number of aryl methyl sites for hydroxylation is 2. The Kier molecular flexibility index (Phi) is 5.10. The molecule has 0 saturated carbocycles. The molecule has 2 N–H and O–H groups in total. The maximum Gasteiger partial charge on any atom is 0.253 e. The number of aliphatic hydroxyl groups is 1. The molecule has 0 fully saturated rings. The zero-order chi connectivity index (χ0) is 17.8. The molecule has 0 aliphatic carbocycles. The van der Waals surface area contributed by atoms with Crippen LogP contribution < -0.4 is 5.32 Å². The topological polar surface area (TPSA) is 62.2 Å². The molecule has 0 bridgehead atoms. The molecule has 3 aromatic rings. The number of rotatable bonds is 5. The van der Waals surface area contributed by atoms with Crippen molar-refractivity contribution >= 4 is 16.8 Å². The second-order valence-electron chi connectivity index (χ2n) is 6.29. The average molecular weight is 334 g/mol. The molecule has 128 valence electrons. The fourth-order valence-electron chi connectivity index (χ4n) is 2.86. The number of nitrogens with one attached hydrogen (secondary N) is 1. The van der Waals surface area contributed by atoms with Crippen LogP contribution >= 0.6 is 0 Å². The zero-order valence-corrected chi connectivity index (χ0v) is 14.5. The van der Waals surface area contributed by atoms with Crippen molar-refractivity contribution in [2.24, 2.45) is 0 Å². The van der Waals surface area contributed by atoms with Crippen molar-refractivity contribution in [3.8, 4) is 0 Å². The number of carbonyl (C=O) groups excluding carboxylic acids is 1. The summed E-state index contributed by atoms with van der Waals surface area (Å²) in [7, 11) is 0. The maximum absolute atomic E-state index is 12.5. The van der Waals surface area contributed by atoms with E-state index in [1.54, 1.807) is 0 Å². The lowest BCUT2D eigenvalue weighted by atomic mass is 10.1. The smallest absolute Gasteiger partial charge is 0.253 e. The molecule has 4 nitrogen and oxygen atoms in total. The number of fused-ring (bicyclic) bond motifs is 1. The number of carbonyl (C=O) groups is 1. The Hall–Kier alpha value is -2.72. The summed E-state index contributed by atoms with van der Waals surface area (Å²) in [4.78, 5) is 17.0. The molecular formula is C21H22N2O2. The number of benzene rings is 2. The Balaban J connectivity index is 1.66. The third-order valence-corrected chi connectivity index (χ3v) is 4.30. The van der Waals surface area contributed by atoms with Gasteiger partial charge in [-0.05, 0) is 43.5 Å². The highest BCUT2D eigenvalue weighted by Crippen LogP contribution is 2.18. The first-order chi connectivity index (χ1) is 12.0. The number of amides is 1. The number of nitrogens with zero attached hydrogens (tertiary/aromatic N) is 1. The van der Waals surface area contributed by atoms with Gasteiger partial charge in [0.25, 0.3) is 5.91 Å². The molecule has 1 atom stereocenters. The minimum absolute atomic E-state index is 0.160. The van der Waals surface area contributed by atoms with E-state index < -0.39 is 6.10 Å². The van der Waals surface area contributed by atoms with E-state index in [0.29, 0.717) is 24.2 Å². The van der Waals surface area contributed by atoms with Gasteiger partial charge in [-0.2, -0.15) is 0 Å². The maximum atomic E-state index is 12.5. The lowest BCUT2D eigenvalue weighted by Gasteiger charge is -2.12. The fourth-order valence-corrected chi connectivity index (χ4v) is 2.86. The van der Waals surface area contributed by atoms with Gasteiger partial charge in [0, 0.05) is 11.9 Å². The Bertz CT molecular complexity index is 891. The number of hydrogen-bond acceptors (Lipinski definition) is 3. The molecule has 25 heavy (non-hydrogen) atoms. The predicted molar refractivity (Wildman–Crippen MR) is 99.6 cm³/mol. The molecule has 1 unspecified atom stereocenters. The molecule has 1 aromatic heterocycles. The standard InChI is InChI=1S/C21H22N2O2/c1-14-8-9-17-13-18(15(2)23-19(17)12-14)21(25)22-11-10-20(24)16-6-4-3-5-7-16/h3-9,12-13,20,24H,10-11H2,1-2H3,(H,22,25). The number of hydrogen-bond donors (Lipinski definition) is 2. The first-order valence-electron chi connectivity index (χ1n) is 8.44. The fraction of sp³-hybridized carbons (Fsp3) is 0.238. The Morgan fingerprint density at radius 1 is 1.12 bits per heavy atom. The van der Waals surface area contributed by atoms with Crippen LogP contribution in [0.4, 0.5) is 0 Å². The quantitative estimate of drug-likeness (QED) is 0.748. The minimum atomic E-state index is -0.583. The van der Waals surface area contributed by atoms with E-state index in [1.165, 1.54) is 0 Å². The van der Waals surface area contributed by atoms with Gasteiger partial charge < -0.3 is 10.4 Å². The van der Waals surface area contributed by atoms with Crippen molar-refractivity contribution in [1.29, 1.82) is 0 Å². The normalized spacial score (nSPS) is 12.1. The number of aliphatic hydroxyl groups excluding tert-OH is 1. The largest absolute Gasteiger partial charge is 0.388 e. The summed E-state index contributed by atoms with van der Waals surface area (Å²) in [6, 6.07) is 17.3. The average Bonchev–Trinajstić information content (AvgIpc) is 2.61. The van der Waals surface area contributed by atoms with Crippen LogP contribution in [0, 0.1) is 13.8 Å².